The highest BCUT2D eigenvalue weighted by Crippen LogP contribution is 2.29. The van der Waals surface area contributed by atoms with Gasteiger partial charge >= 0.3 is 13.2 Å². The number of rotatable bonds is 10. The summed E-state index contributed by atoms with van der Waals surface area (Å²) in [6.07, 6.45) is 4.83. The summed E-state index contributed by atoms with van der Waals surface area (Å²) >= 11 is 0. The standard InChI is InChI=1S/C26H19F6N7O2/c1-2-22-38-24-18(9-15(10-34-24)35-13-3-5-19(16(27)7-13)40-25(29)30)39(22)23-12-33-11-21(37-23)36-14-4-6-20(17(28)8-14)41-26(31)32/h3-12,25-26,35H,2H2,1H3,(H,36,37). The summed E-state index contributed by atoms with van der Waals surface area (Å²) in [6.45, 7) is -4.44. The first-order valence-corrected chi connectivity index (χ1v) is 11.9. The van der Waals surface area contributed by atoms with Crippen LogP contribution in [-0.4, -0.2) is 37.7 Å². The summed E-state index contributed by atoms with van der Waals surface area (Å²) in [5, 5.41) is 5.83. The fraction of sp³-hybridized carbons (Fsp3) is 0.154. The Morgan fingerprint density at radius 2 is 1.41 bits per heavy atom. The summed E-state index contributed by atoms with van der Waals surface area (Å²) in [4.78, 5) is 17.6. The lowest BCUT2D eigenvalue weighted by atomic mass is 10.2. The van der Waals surface area contributed by atoms with Crippen molar-refractivity contribution in [2.24, 2.45) is 0 Å². The zero-order valence-corrected chi connectivity index (χ0v) is 21.0. The minimum absolute atomic E-state index is 0.215. The van der Waals surface area contributed by atoms with Crippen molar-refractivity contribution >= 4 is 34.0 Å². The van der Waals surface area contributed by atoms with E-state index in [1.165, 1.54) is 30.7 Å². The largest absolute Gasteiger partial charge is 0.432 e. The lowest BCUT2D eigenvalue weighted by molar-refractivity contribution is -0.0527. The zero-order chi connectivity index (χ0) is 29.1. The van der Waals surface area contributed by atoms with E-state index in [0.717, 1.165) is 24.3 Å². The molecule has 0 spiro atoms. The predicted molar refractivity (Wildman–Crippen MR) is 136 cm³/mol. The molecule has 2 aromatic carbocycles. The molecule has 0 aliphatic rings. The molecule has 5 rings (SSSR count). The first kappa shape index (κ1) is 27.5. The zero-order valence-electron chi connectivity index (χ0n) is 21.0. The minimum atomic E-state index is -3.16. The highest BCUT2D eigenvalue weighted by molar-refractivity contribution is 5.79. The lowest BCUT2D eigenvalue weighted by Crippen LogP contribution is -2.06. The number of hydrogen-bond acceptors (Lipinski definition) is 8. The molecule has 0 aliphatic heterocycles. The van der Waals surface area contributed by atoms with Crippen molar-refractivity contribution in [1.29, 1.82) is 0 Å². The van der Waals surface area contributed by atoms with Gasteiger partial charge in [-0.15, -0.1) is 0 Å². The summed E-state index contributed by atoms with van der Waals surface area (Å²) in [5.74, 6) is -2.00. The highest BCUT2D eigenvalue weighted by Gasteiger charge is 2.17. The second-order valence-corrected chi connectivity index (χ2v) is 8.34. The van der Waals surface area contributed by atoms with Crippen LogP contribution in [0.3, 0.4) is 0 Å². The second kappa shape index (κ2) is 11.6. The molecule has 0 bridgehead atoms. The van der Waals surface area contributed by atoms with Gasteiger partial charge in [-0.1, -0.05) is 6.92 Å². The van der Waals surface area contributed by atoms with Gasteiger partial charge in [0.2, 0.25) is 0 Å². The van der Waals surface area contributed by atoms with Crippen molar-refractivity contribution in [1.82, 2.24) is 24.5 Å². The third kappa shape index (κ3) is 6.23. The van der Waals surface area contributed by atoms with Gasteiger partial charge in [-0.25, -0.2) is 23.7 Å². The lowest BCUT2D eigenvalue weighted by Gasteiger charge is -2.12. The Balaban J connectivity index is 1.44. The number of benzene rings is 2. The smallest absolute Gasteiger partial charge is 0.387 e. The van der Waals surface area contributed by atoms with E-state index in [2.05, 4.69) is 40.0 Å². The van der Waals surface area contributed by atoms with Crippen LogP contribution in [0.1, 0.15) is 12.7 Å². The molecule has 0 radical (unpaired) electrons. The Morgan fingerprint density at radius 1 is 0.780 bits per heavy atom. The third-order valence-electron chi connectivity index (χ3n) is 5.61. The molecule has 0 aliphatic carbocycles. The fourth-order valence-electron chi connectivity index (χ4n) is 3.95. The number of nitrogens with one attached hydrogen (secondary N) is 2. The van der Waals surface area contributed by atoms with E-state index in [0.29, 0.717) is 34.9 Å². The number of nitrogens with zero attached hydrogens (tertiary/aromatic N) is 5. The SMILES string of the molecule is CCc1nc2ncc(Nc3ccc(OC(F)F)c(F)c3)cc2n1-c1cncc(Nc2ccc(OC(F)F)c(F)c2)n1. The Kier molecular flexibility index (Phi) is 7.76. The molecular formula is C26H19F6N7O2. The number of fused-ring (bicyclic) bond motifs is 1. The number of aryl methyl sites for hydroxylation is 1. The van der Waals surface area contributed by atoms with Crippen molar-refractivity contribution in [3.63, 3.8) is 0 Å². The van der Waals surface area contributed by atoms with Gasteiger partial charge < -0.3 is 20.1 Å². The quantitative estimate of drug-likeness (QED) is 0.177. The number of anilines is 4. The van der Waals surface area contributed by atoms with Crippen LogP contribution in [0, 0.1) is 11.6 Å². The van der Waals surface area contributed by atoms with Crippen molar-refractivity contribution in [2.75, 3.05) is 10.6 Å². The van der Waals surface area contributed by atoms with Gasteiger partial charge in [-0.05, 0) is 30.3 Å². The van der Waals surface area contributed by atoms with Gasteiger partial charge in [0.15, 0.2) is 40.4 Å². The molecule has 3 heterocycles. The summed E-state index contributed by atoms with van der Waals surface area (Å²) < 4.78 is 88.0. The predicted octanol–water partition coefficient (Wildman–Crippen LogP) is 6.74. The number of pyridine rings is 1. The molecule has 3 aromatic heterocycles. The highest BCUT2D eigenvalue weighted by atomic mass is 19.3. The van der Waals surface area contributed by atoms with E-state index in [4.69, 9.17) is 0 Å². The summed E-state index contributed by atoms with van der Waals surface area (Å²) in [5.41, 5.74) is 1.82. The normalized spacial score (nSPS) is 11.3. The van der Waals surface area contributed by atoms with Crippen LogP contribution >= 0.6 is 0 Å². The number of hydrogen-bond donors (Lipinski definition) is 2. The van der Waals surface area contributed by atoms with Crippen LogP contribution in [0.2, 0.25) is 0 Å². The molecule has 0 unspecified atom stereocenters. The van der Waals surface area contributed by atoms with Gasteiger partial charge in [0.25, 0.3) is 0 Å². The first-order chi connectivity index (χ1) is 19.7. The molecule has 15 heteroatoms. The molecule has 41 heavy (non-hydrogen) atoms. The number of aromatic nitrogens is 5. The maximum atomic E-state index is 14.2. The van der Waals surface area contributed by atoms with Crippen molar-refractivity contribution in [3.8, 4) is 17.3 Å². The maximum absolute atomic E-state index is 14.2. The van der Waals surface area contributed by atoms with Crippen molar-refractivity contribution in [2.45, 2.75) is 26.6 Å². The topological polar surface area (TPSA) is 99.0 Å². The summed E-state index contributed by atoms with van der Waals surface area (Å²) in [7, 11) is 0. The van der Waals surface area contributed by atoms with E-state index in [-0.39, 0.29) is 17.2 Å². The van der Waals surface area contributed by atoms with Crippen molar-refractivity contribution in [3.05, 3.63) is 78.5 Å². The van der Waals surface area contributed by atoms with Gasteiger partial charge in [0, 0.05) is 29.9 Å². The molecule has 0 saturated carbocycles. The van der Waals surface area contributed by atoms with Crippen molar-refractivity contribution < 1.29 is 35.8 Å². The van der Waals surface area contributed by atoms with Crippen LogP contribution < -0.4 is 20.1 Å². The van der Waals surface area contributed by atoms with Crippen LogP contribution in [0.5, 0.6) is 11.5 Å². The fourth-order valence-corrected chi connectivity index (χ4v) is 3.95. The monoisotopic (exact) mass is 575 g/mol. The van der Waals surface area contributed by atoms with E-state index >= 15 is 0 Å². The average Bonchev–Trinajstić information content (AvgIpc) is 3.29. The molecule has 0 amide bonds. The summed E-state index contributed by atoms with van der Waals surface area (Å²) in [6, 6.07) is 8.53. The Hall–Kier alpha value is -5.08. The maximum Gasteiger partial charge on any atom is 0.387 e. The van der Waals surface area contributed by atoms with E-state index in [9.17, 15) is 26.3 Å². The Bertz CT molecular complexity index is 1700. The van der Waals surface area contributed by atoms with E-state index in [1.807, 2.05) is 6.92 Å². The molecule has 9 nitrogen and oxygen atoms in total. The molecule has 5 aromatic rings. The van der Waals surface area contributed by atoms with Crippen LogP contribution in [0.15, 0.2) is 61.1 Å². The Morgan fingerprint density at radius 3 is 2.00 bits per heavy atom. The molecule has 0 saturated heterocycles. The van der Waals surface area contributed by atoms with Gasteiger partial charge in [0.05, 0.1) is 29.8 Å². The van der Waals surface area contributed by atoms with Gasteiger partial charge in [-0.3, -0.25) is 9.55 Å². The molecule has 0 atom stereocenters. The average molecular weight is 575 g/mol. The molecule has 2 N–H and O–H groups in total. The number of alkyl halides is 4. The van der Waals surface area contributed by atoms with E-state index < -0.39 is 36.4 Å². The third-order valence-corrected chi connectivity index (χ3v) is 5.61. The second-order valence-electron chi connectivity index (χ2n) is 8.34. The Labute approximate surface area is 227 Å². The molecule has 212 valence electrons. The number of ether oxygens (including phenoxy) is 2. The first-order valence-electron chi connectivity index (χ1n) is 11.9. The van der Waals surface area contributed by atoms with Gasteiger partial charge in [0.1, 0.15) is 5.82 Å². The van der Waals surface area contributed by atoms with Crippen LogP contribution in [0.25, 0.3) is 17.0 Å². The molecule has 0 fully saturated rings. The number of imidazole rings is 1. The van der Waals surface area contributed by atoms with Crippen LogP contribution in [-0.2, 0) is 6.42 Å². The van der Waals surface area contributed by atoms with Gasteiger partial charge in [-0.2, -0.15) is 17.6 Å². The van der Waals surface area contributed by atoms with E-state index in [1.54, 1.807) is 10.6 Å². The van der Waals surface area contributed by atoms with Crippen LogP contribution in [0.4, 0.5) is 49.2 Å². The molecular weight excluding hydrogens is 556 g/mol. The minimum Gasteiger partial charge on any atom is -0.432 e. The number of halogens is 6.